The minimum Gasteiger partial charge on any atom is -0.411 e. The first-order valence-electron chi connectivity index (χ1n) is 8.57. The van der Waals surface area contributed by atoms with Crippen LogP contribution in [0.15, 0.2) is 59.9 Å². The Morgan fingerprint density at radius 3 is 2.31 bits per heavy atom. The first-order chi connectivity index (χ1) is 12.6. The quantitative estimate of drug-likeness (QED) is 0.246. The van der Waals surface area contributed by atoms with Crippen molar-refractivity contribution in [3.8, 4) is 0 Å². The number of benzene rings is 2. The van der Waals surface area contributed by atoms with E-state index in [0.717, 1.165) is 33.9 Å². The molecule has 2 heterocycles. The van der Waals surface area contributed by atoms with Crippen molar-refractivity contribution >= 4 is 33.3 Å². The highest BCUT2D eigenvalue weighted by atomic mass is 16.4. The fraction of sp³-hybridized carbons (Fsp3) is 0.143. The number of aromatic nitrogens is 2. The molecule has 2 aromatic heterocycles. The highest BCUT2D eigenvalue weighted by molar-refractivity contribution is 6.15. The van der Waals surface area contributed by atoms with Crippen molar-refractivity contribution in [3.63, 3.8) is 0 Å². The largest absolute Gasteiger partial charge is 0.411 e. The molecule has 4 rings (SSSR count). The van der Waals surface area contributed by atoms with Crippen LogP contribution in [-0.4, -0.2) is 26.3 Å². The summed E-state index contributed by atoms with van der Waals surface area (Å²) >= 11 is 0. The van der Waals surface area contributed by atoms with E-state index in [1.807, 2.05) is 42.5 Å². The number of aryl methyl sites for hydroxylation is 1. The molecule has 0 saturated heterocycles. The van der Waals surface area contributed by atoms with Crippen molar-refractivity contribution in [3.05, 3.63) is 71.5 Å². The number of H-pyrrole nitrogens is 1. The molecule has 0 aliphatic rings. The smallest absolute Gasteiger partial charge is 0.209 e. The molecule has 0 aliphatic heterocycles. The van der Waals surface area contributed by atoms with Crippen LogP contribution >= 0.6 is 0 Å². The number of hydrogen-bond acceptors (Lipinski definition) is 3. The molecule has 5 heteroatoms. The van der Waals surface area contributed by atoms with E-state index in [1.165, 1.54) is 0 Å². The third-order valence-electron chi connectivity index (χ3n) is 4.85. The van der Waals surface area contributed by atoms with Gasteiger partial charge >= 0.3 is 0 Å². The number of aromatic amines is 1. The minimum atomic E-state index is -0.0291. The van der Waals surface area contributed by atoms with E-state index >= 15 is 0 Å². The molecule has 5 nitrogen and oxygen atoms in total. The van der Waals surface area contributed by atoms with Crippen molar-refractivity contribution in [2.45, 2.75) is 20.4 Å². The summed E-state index contributed by atoms with van der Waals surface area (Å²) in [7, 11) is 0. The van der Waals surface area contributed by atoms with Crippen LogP contribution in [0, 0.1) is 0 Å². The normalized spacial score (nSPS) is 12.2. The van der Waals surface area contributed by atoms with Crippen molar-refractivity contribution in [1.82, 2.24) is 9.55 Å². The SMILES string of the molecule is CCn1c2ccc(C(=O)c3ccc[nH]3)cc2c2cc(C(C)=NO)ccc21. The fourth-order valence-electron chi connectivity index (χ4n) is 3.50. The number of hydrogen-bond donors (Lipinski definition) is 2. The predicted molar refractivity (Wildman–Crippen MR) is 103 cm³/mol. The lowest BCUT2D eigenvalue weighted by molar-refractivity contribution is 0.103. The van der Waals surface area contributed by atoms with E-state index in [-0.39, 0.29) is 5.78 Å². The molecule has 4 aromatic rings. The van der Waals surface area contributed by atoms with Gasteiger partial charge in [-0.2, -0.15) is 0 Å². The third-order valence-corrected chi connectivity index (χ3v) is 4.85. The maximum Gasteiger partial charge on any atom is 0.209 e. The van der Waals surface area contributed by atoms with Crippen molar-refractivity contribution in [1.29, 1.82) is 0 Å². The zero-order valence-corrected chi connectivity index (χ0v) is 14.7. The summed E-state index contributed by atoms with van der Waals surface area (Å²) in [5, 5.41) is 14.5. The van der Waals surface area contributed by atoms with E-state index in [9.17, 15) is 4.79 Å². The third kappa shape index (κ3) is 2.40. The van der Waals surface area contributed by atoms with Crippen LogP contribution in [0.2, 0.25) is 0 Å². The molecule has 2 aromatic carbocycles. The Balaban J connectivity index is 1.98. The number of fused-ring (bicyclic) bond motifs is 3. The summed E-state index contributed by atoms with van der Waals surface area (Å²) in [5.41, 5.74) is 4.82. The van der Waals surface area contributed by atoms with Gasteiger partial charge in [0, 0.05) is 40.1 Å². The van der Waals surface area contributed by atoms with Gasteiger partial charge in [-0.3, -0.25) is 4.79 Å². The van der Waals surface area contributed by atoms with Gasteiger partial charge in [0.2, 0.25) is 5.78 Å². The van der Waals surface area contributed by atoms with E-state index in [4.69, 9.17) is 5.21 Å². The standard InChI is InChI=1S/C21H19N3O2/c1-3-24-19-8-6-14(13(2)23-26)11-16(19)17-12-15(7-9-20(17)24)21(25)18-5-4-10-22-18/h4-12,22,26H,3H2,1-2H3. The molecule has 0 saturated carbocycles. The summed E-state index contributed by atoms with van der Waals surface area (Å²) < 4.78 is 2.22. The zero-order chi connectivity index (χ0) is 18.3. The first-order valence-corrected chi connectivity index (χ1v) is 8.57. The van der Waals surface area contributed by atoms with E-state index < -0.39 is 0 Å². The molecule has 0 spiro atoms. The Morgan fingerprint density at radius 1 is 1.08 bits per heavy atom. The van der Waals surface area contributed by atoms with Gasteiger partial charge in [-0.15, -0.1) is 0 Å². The monoisotopic (exact) mass is 345 g/mol. The molecular formula is C21H19N3O2. The van der Waals surface area contributed by atoms with Gasteiger partial charge in [0.25, 0.3) is 0 Å². The van der Waals surface area contributed by atoms with Gasteiger partial charge < -0.3 is 14.8 Å². The van der Waals surface area contributed by atoms with Crippen LogP contribution in [0.1, 0.15) is 35.5 Å². The molecule has 0 atom stereocenters. The van der Waals surface area contributed by atoms with E-state index in [2.05, 4.69) is 21.6 Å². The average molecular weight is 345 g/mol. The number of ketones is 1. The zero-order valence-electron chi connectivity index (χ0n) is 14.7. The van der Waals surface area contributed by atoms with Gasteiger partial charge in [0.1, 0.15) is 0 Å². The second-order valence-corrected chi connectivity index (χ2v) is 6.31. The molecule has 0 aliphatic carbocycles. The summed E-state index contributed by atoms with van der Waals surface area (Å²) in [6.45, 7) is 4.70. The molecular weight excluding hydrogens is 326 g/mol. The van der Waals surface area contributed by atoms with Gasteiger partial charge in [0.05, 0.1) is 11.4 Å². The Morgan fingerprint density at radius 2 is 1.73 bits per heavy atom. The Bertz CT molecular complexity index is 1150. The highest BCUT2D eigenvalue weighted by Crippen LogP contribution is 2.31. The lowest BCUT2D eigenvalue weighted by Gasteiger charge is -2.04. The summed E-state index contributed by atoms with van der Waals surface area (Å²) in [4.78, 5) is 15.7. The molecule has 130 valence electrons. The average Bonchev–Trinajstić information content (AvgIpc) is 3.32. The maximum absolute atomic E-state index is 12.7. The molecule has 0 amide bonds. The van der Waals surface area contributed by atoms with Gasteiger partial charge in [0.15, 0.2) is 0 Å². The van der Waals surface area contributed by atoms with Gasteiger partial charge in [-0.25, -0.2) is 0 Å². The lowest BCUT2D eigenvalue weighted by Crippen LogP contribution is -2.01. The van der Waals surface area contributed by atoms with Crippen molar-refractivity contribution < 1.29 is 10.0 Å². The number of rotatable bonds is 4. The summed E-state index contributed by atoms with van der Waals surface area (Å²) in [6.07, 6.45) is 1.75. The summed E-state index contributed by atoms with van der Waals surface area (Å²) in [5.74, 6) is -0.0291. The highest BCUT2D eigenvalue weighted by Gasteiger charge is 2.15. The molecule has 0 fully saturated rings. The number of nitrogens with one attached hydrogen (secondary N) is 1. The second kappa shape index (κ2) is 6.19. The molecule has 2 N–H and O–H groups in total. The number of carbonyl (C=O) groups excluding carboxylic acids is 1. The Hall–Kier alpha value is -3.34. The van der Waals surface area contributed by atoms with Crippen LogP contribution in [0.5, 0.6) is 0 Å². The molecule has 0 bridgehead atoms. The van der Waals surface area contributed by atoms with Crippen LogP contribution in [0.4, 0.5) is 0 Å². The minimum absolute atomic E-state index is 0.0291. The maximum atomic E-state index is 12.7. The number of oxime groups is 1. The lowest BCUT2D eigenvalue weighted by atomic mass is 10.0. The topological polar surface area (TPSA) is 70.4 Å². The Labute approximate surface area is 150 Å². The van der Waals surface area contributed by atoms with Crippen LogP contribution in [-0.2, 0) is 6.54 Å². The fourth-order valence-corrected chi connectivity index (χ4v) is 3.50. The molecule has 0 radical (unpaired) electrons. The van der Waals surface area contributed by atoms with E-state index in [0.29, 0.717) is 17.0 Å². The predicted octanol–water partition coefficient (Wildman–Crippen LogP) is 4.57. The van der Waals surface area contributed by atoms with Gasteiger partial charge in [-0.05, 0) is 61.9 Å². The van der Waals surface area contributed by atoms with Crippen LogP contribution < -0.4 is 0 Å². The van der Waals surface area contributed by atoms with Gasteiger partial charge in [-0.1, -0.05) is 11.2 Å². The Kier molecular flexibility index (Phi) is 3.84. The number of nitrogens with zero attached hydrogens (tertiary/aromatic N) is 2. The van der Waals surface area contributed by atoms with Crippen LogP contribution in [0.25, 0.3) is 21.8 Å². The van der Waals surface area contributed by atoms with Crippen molar-refractivity contribution in [2.75, 3.05) is 0 Å². The molecule has 26 heavy (non-hydrogen) atoms. The van der Waals surface area contributed by atoms with Crippen molar-refractivity contribution in [2.24, 2.45) is 5.16 Å². The second-order valence-electron chi connectivity index (χ2n) is 6.31. The number of carbonyl (C=O) groups is 1. The van der Waals surface area contributed by atoms with E-state index in [1.54, 1.807) is 19.2 Å². The first kappa shape index (κ1) is 16.1. The molecule has 0 unspecified atom stereocenters. The van der Waals surface area contributed by atoms with Crippen LogP contribution in [0.3, 0.4) is 0 Å². The summed E-state index contributed by atoms with van der Waals surface area (Å²) in [6, 6.07) is 15.4.